The average molecular weight is 305 g/mol. The minimum atomic E-state index is -0.285. The highest BCUT2D eigenvalue weighted by atomic mass is 35.5. The average Bonchev–Trinajstić information content (AvgIpc) is 3.05. The topological polar surface area (TPSA) is 50.2 Å². The fourth-order valence-electron chi connectivity index (χ4n) is 2.54. The number of rotatable bonds is 3. The molecule has 1 amide bonds. The quantitative estimate of drug-likeness (QED) is 0.948. The first kappa shape index (κ1) is 13.9. The summed E-state index contributed by atoms with van der Waals surface area (Å²) in [7, 11) is 0. The van der Waals surface area contributed by atoms with E-state index >= 15 is 0 Å². The molecular weight excluding hydrogens is 288 g/mol. The summed E-state index contributed by atoms with van der Waals surface area (Å²) in [6, 6.07) is 5.22. The van der Waals surface area contributed by atoms with Crippen LogP contribution >= 0.6 is 11.6 Å². The third-order valence-electron chi connectivity index (χ3n) is 3.90. The van der Waals surface area contributed by atoms with Crippen LogP contribution in [-0.2, 0) is 11.3 Å². The molecule has 1 aliphatic heterocycles. The molecule has 1 N–H and O–H groups in total. The van der Waals surface area contributed by atoms with Crippen LogP contribution in [0.15, 0.2) is 30.6 Å². The molecule has 1 unspecified atom stereocenters. The molecule has 110 valence electrons. The SMILES string of the molecule is Cc1c(Cl)cccc1NC(=O)C(C)N1CCn2ccnc21. The Morgan fingerprint density at radius 2 is 2.24 bits per heavy atom. The normalized spacial score (nSPS) is 14.9. The third-order valence-corrected chi connectivity index (χ3v) is 4.31. The number of carbonyl (C=O) groups is 1. The molecule has 0 aliphatic carbocycles. The Morgan fingerprint density at radius 3 is 3.05 bits per heavy atom. The van der Waals surface area contributed by atoms with Crippen molar-refractivity contribution in [2.24, 2.45) is 0 Å². The number of fused-ring (bicyclic) bond motifs is 1. The summed E-state index contributed by atoms with van der Waals surface area (Å²) in [5.41, 5.74) is 1.63. The van der Waals surface area contributed by atoms with Gasteiger partial charge in [0.25, 0.3) is 0 Å². The molecule has 0 saturated carbocycles. The Kier molecular flexibility index (Phi) is 3.59. The molecule has 21 heavy (non-hydrogen) atoms. The van der Waals surface area contributed by atoms with Crippen LogP contribution in [0.4, 0.5) is 11.6 Å². The lowest BCUT2D eigenvalue weighted by atomic mass is 10.2. The maximum atomic E-state index is 12.5. The van der Waals surface area contributed by atoms with Gasteiger partial charge < -0.3 is 14.8 Å². The molecule has 2 aromatic rings. The van der Waals surface area contributed by atoms with Gasteiger partial charge in [-0.05, 0) is 31.5 Å². The first-order valence-corrected chi connectivity index (χ1v) is 7.29. The summed E-state index contributed by atoms with van der Waals surface area (Å²) in [6.07, 6.45) is 3.69. The number of imidazole rings is 1. The molecule has 2 heterocycles. The zero-order chi connectivity index (χ0) is 15.0. The van der Waals surface area contributed by atoms with Gasteiger partial charge in [-0.2, -0.15) is 0 Å². The fraction of sp³-hybridized carbons (Fsp3) is 0.333. The van der Waals surface area contributed by atoms with Crippen LogP contribution in [0.25, 0.3) is 0 Å². The Bertz CT molecular complexity index is 682. The second-order valence-electron chi connectivity index (χ2n) is 5.19. The third kappa shape index (κ3) is 2.49. The molecule has 0 bridgehead atoms. The van der Waals surface area contributed by atoms with Gasteiger partial charge in [-0.1, -0.05) is 17.7 Å². The molecule has 3 rings (SSSR count). The second-order valence-corrected chi connectivity index (χ2v) is 5.60. The number of hydrogen-bond donors (Lipinski definition) is 1. The smallest absolute Gasteiger partial charge is 0.246 e. The van der Waals surface area contributed by atoms with E-state index in [-0.39, 0.29) is 11.9 Å². The Labute approximate surface area is 128 Å². The van der Waals surface area contributed by atoms with Crippen molar-refractivity contribution in [1.82, 2.24) is 9.55 Å². The van der Waals surface area contributed by atoms with Crippen molar-refractivity contribution >= 4 is 29.1 Å². The summed E-state index contributed by atoms with van der Waals surface area (Å²) in [6.45, 7) is 5.44. The van der Waals surface area contributed by atoms with Crippen LogP contribution < -0.4 is 10.2 Å². The van der Waals surface area contributed by atoms with Crippen LogP contribution in [0.5, 0.6) is 0 Å². The maximum absolute atomic E-state index is 12.5. The van der Waals surface area contributed by atoms with Crippen LogP contribution in [0.2, 0.25) is 5.02 Å². The number of benzene rings is 1. The minimum Gasteiger partial charge on any atom is -0.329 e. The molecule has 0 spiro atoms. The van der Waals surface area contributed by atoms with E-state index in [1.165, 1.54) is 0 Å². The summed E-state index contributed by atoms with van der Waals surface area (Å²) in [4.78, 5) is 18.8. The number of anilines is 2. The number of halogens is 1. The van der Waals surface area contributed by atoms with E-state index in [2.05, 4.69) is 14.9 Å². The lowest BCUT2D eigenvalue weighted by molar-refractivity contribution is -0.117. The maximum Gasteiger partial charge on any atom is 0.246 e. The van der Waals surface area contributed by atoms with Crippen LogP contribution in [-0.4, -0.2) is 28.0 Å². The van der Waals surface area contributed by atoms with E-state index in [0.717, 1.165) is 30.3 Å². The van der Waals surface area contributed by atoms with Crippen LogP contribution in [0.1, 0.15) is 12.5 Å². The van der Waals surface area contributed by atoms with Crippen molar-refractivity contribution in [2.75, 3.05) is 16.8 Å². The van der Waals surface area contributed by atoms with E-state index in [1.54, 1.807) is 6.20 Å². The van der Waals surface area contributed by atoms with E-state index in [1.807, 2.05) is 43.1 Å². The van der Waals surface area contributed by atoms with E-state index in [4.69, 9.17) is 11.6 Å². The highest BCUT2D eigenvalue weighted by Gasteiger charge is 2.28. The van der Waals surface area contributed by atoms with Crippen molar-refractivity contribution < 1.29 is 4.79 Å². The minimum absolute atomic E-state index is 0.0585. The number of aromatic nitrogens is 2. The lowest BCUT2D eigenvalue weighted by Crippen LogP contribution is -2.41. The summed E-state index contributed by atoms with van der Waals surface area (Å²) >= 11 is 6.08. The zero-order valence-corrected chi connectivity index (χ0v) is 12.8. The van der Waals surface area contributed by atoms with Gasteiger partial charge in [0.2, 0.25) is 11.9 Å². The van der Waals surface area contributed by atoms with Crippen molar-refractivity contribution in [3.8, 4) is 0 Å². The Balaban J connectivity index is 1.76. The predicted molar refractivity (Wildman–Crippen MR) is 83.9 cm³/mol. The predicted octanol–water partition coefficient (Wildman–Crippen LogP) is 2.69. The van der Waals surface area contributed by atoms with Crippen molar-refractivity contribution in [2.45, 2.75) is 26.4 Å². The van der Waals surface area contributed by atoms with E-state index < -0.39 is 0 Å². The molecule has 6 heteroatoms. The van der Waals surface area contributed by atoms with Gasteiger partial charge in [0.05, 0.1) is 0 Å². The van der Waals surface area contributed by atoms with E-state index in [0.29, 0.717) is 5.02 Å². The first-order valence-electron chi connectivity index (χ1n) is 6.91. The standard InChI is InChI=1S/C15H17ClN4O/c1-10-12(16)4-3-5-13(10)18-14(21)11(2)20-9-8-19-7-6-17-15(19)20/h3-7,11H,8-9H2,1-2H3,(H,18,21). The van der Waals surface area contributed by atoms with Gasteiger partial charge in [0.15, 0.2) is 0 Å². The van der Waals surface area contributed by atoms with Crippen LogP contribution in [0, 0.1) is 6.92 Å². The van der Waals surface area contributed by atoms with Crippen molar-refractivity contribution in [1.29, 1.82) is 0 Å². The zero-order valence-electron chi connectivity index (χ0n) is 12.0. The first-order chi connectivity index (χ1) is 10.1. The van der Waals surface area contributed by atoms with Crippen molar-refractivity contribution in [3.05, 3.63) is 41.2 Å². The summed E-state index contributed by atoms with van der Waals surface area (Å²) in [5.74, 6) is 0.789. The molecule has 0 radical (unpaired) electrons. The molecular formula is C15H17ClN4O. The number of nitrogens with one attached hydrogen (secondary N) is 1. The van der Waals surface area contributed by atoms with Gasteiger partial charge in [-0.15, -0.1) is 0 Å². The second kappa shape index (κ2) is 5.41. The molecule has 1 aromatic carbocycles. The monoisotopic (exact) mass is 304 g/mol. The number of nitrogens with zero attached hydrogens (tertiary/aromatic N) is 3. The van der Waals surface area contributed by atoms with E-state index in [9.17, 15) is 4.79 Å². The molecule has 5 nitrogen and oxygen atoms in total. The van der Waals surface area contributed by atoms with Gasteiger partial charge in [-0.25, -0.2) is 4.98 Å². The summed E-state index contributed by atoms with van der Waals surface area (Å²) in [5, 5.41) is 3.60. The van der Waals surface area contributed by atoms with Gasteiger partial charge in [0.1, 0.15) is 6.04 Å². The Morgan fingerprint density at radius 1 is 1.43 bits per heavy atom. The molecule has 0 fully saturated rings. The summed E-state index contributed by atoms with van der Waals surface area (Å²) < 4.78 is 2.05. The molecule has 1 aromatic heterocycles. The molecule has 1 atom stereocenters. The Hall–Kier alpha value is -2.01. The van der Waals surface area contributed by atoms with Gasteiger partial charge in [0, 0.05) is 36.2 Å². The van der Waals surface area contributed by atoms with Gasteiger partial charge >= 0.3 is 0 Å². The van der Waals surface area contributed by atoms with Crippen molar-refractivity contribution in [3.63, 3.8) is 0 Å². The fourth-order valence-corrected chi connectivity index (χ4v) is 2.71. The lowest BCUT2D eigenvalue weighted by Gasteiger charge is -2.24. The largest absolute Gasteiger partial charge is 0.329 e. The number of carbonyl (C=O) groups excluding carboxylic acids is 1. The molecule has 1 aliphatic rings. The highest BCUT2D eigenvalue weighted by Crippen LogP contribution is 2.25. The molecule has 0 saturated heterocycles. The number of amides is 1. The van der Waals surface area contributed by atoms with Gasteiger partial charge in [-0.3, -0.25) is 4.79 Å². The number of hydrogen-bond acceptors (Lipinski definition) is 3. The highest BCUT2D eigenvalue weighted by molar-refractivity contribution is 6.31. The van der Waals surface area contributed by atoms with Crippen LogP contribution in [0.3, 0.4) is 0 Å².